The van der Waals surface area contributed by atoms with Gasteiger partial charge in [0.15, 0.2) is 0 Å². The number of hydrogen-bond acceptors (Lipinski definition) is 3. The normalized spacial score (nSPS) is 14.4. The summed E-state index contributed by atoms with van der Waals surface area (Å²) in [5, 5.41) is 7.99. The molecule has 0 spiro atoms. The Kier molecular flexibility index (Phi) is 6.84. The second-order valence-electron chi connectivity index (χ2n) is 8.85. The quantitative estimate of drug-likeness (QED) is 0.525. The number of halogens is 1. The highest BCUT2D eigenvalue weighted by Crippen LogP contribution is 2.33. The van der Waals surface area contributed by atoms with Crippen LogP contribution in [0, 0.1) is 26.6 Å². The van der Waals surface area contributed by atoms with Gasteiger partial charge in [0.05, 0.1) is 11.2 Å². The summed E-state index contributed by atoms with van der Waals surface area (Å²) in [4.78, 5) is 15.4. The molecule has 3 aromatic rings. The SMILES string of the molecule is C=CCn1c(C)c(C)c2cc(C(=O)N3CCCNCC3)cc(NCc3ccc(F)cc3C)c21. The van der Waals surface area contributed by atoms with Gasteiger partial charge in [-0.15, -0.1) is 6.58 Å². The average Bonchev–Trinajstić information content (AvgIpc) is 2.99. The van der Waals surface area contributed by atoms with Crippen LogP contribution < -0.4 is 10.6 Å². The standard InChI is InChI=1S/C27H33FN4O/c1-5-11-32-20(4)19(3)24-15-22(27(33)31-12-6-9-29-10-13-31)16-25(26(24)32)30-17-21-7-8-23(28)14-18(21)2/h5,7-8,14-16,29-30H,1,6,9-13,17H2,2-4H3. The van der Waals surface area contributed by atoms with Crippen LogP contribution in [0.4, 0.5) is 10.1 Å². The first kappa shape index (κ1) is 23.1. The summed E-state index contributed by atoms with van der Waals surface area (Å²) in [6.07, 6.45) is 2.85. The molecule has 4 rings (SSSR count). The van der Waals surface area contributed by atoms with Gasteiger partial charge in [-0.2, -0.15) is 0 Å². The number of rotatable bonds is 6. The second kappa shape index (κ2) is 9.79. The van der Waals surface area contributed by atoms with Crippen LogP contribution in [-0.2, 0) is 13.1 Å². The van der Waals surface area contributed by atoms with E-state index in [1.165, 1.54) is 11.6 Å². The third kappa shape index (κ3) is 4.67. The number of hydrogen-bond donors (Lipinski definition) is 2. The fourth-order valence-corrected chi connectivity index (χ4v) is 4.67. The summed E-state index contributed by atoms with van der Waals surface area (Å²) >= 11 is 0. The lowest BCUT2D eigenvalue weighted by Gasteiger charge is -2.21. The molecule has 0 unspecified atom stereocenters. The zero-order valence-corrected chi connectivity index (χ0v) is 19.8. The fourth-order valence-electron chi connectivity index (χ4n) is 4.67. The van der Waals surface area contributed by atoms with Crippen molar-refractivity contribution in [2.75, 3.05) is 31.5 Å². The van der Waals surface area contributed by atoms with Crippen molar-refractivity contribution in [3.63, 3.8) is 0 Å². The topological polar surface area (TPSA) is 49.3 Å². The van der Waals surface area contributed by atoms with Gasteiger partial charge in [-0.25, -0.2) is 4.39 Å². The zero-order chi connectivity index (χ0) is 23.5. The number of fused-ring (bicyclic) bond motifs is 1. The van der Waals surface area contributed by atoms with E-state index in [1.807, 2.05) is 36.1 Å². The molecule has 33 heavy (non-hydrogen) atoms. The Morgan fingerprint density at radius 2 is 2.00 bits per heavy atom. The minimum atomic E-state index is -0.232. The van der Waals surface area contributed by atoms with E-state index in [1.54, 1.807) is 6.07 Å². The van der Waals surface area contributed by atoms with Crippen LogP contribution in [0.5, 0.6) is 0 Å². The van der Waals surface area contributed by atoms with Gasteiger partial charge >= 0.3 is 0 Å². The first-order valence-electron chi connectivity index (χ1n) is 11.6. The van der Waals surface area contributed by atoms with E-state index in [2.05, 4.69) is 35.6 Å². The van der Waals surface area contributed by atoms with Crippen molar-refractivity contribution >= 4 is 22.5 Å². The molecule has 1 aliphatic rings. The Hall–Kier alpha value is -3.12. The molecule has 2 aromatic carbocycles. The van der Waals surface area contributed by atoms with Gasteiger partial charge in [0.25, 0.3) is 5.91 Å². The van der Waals surface area contributed by atoms with Gasteiger partial charge < -0.3 is 20.1 Å². The van der Waals surface area contributed by atoms with Crippen molar-refractivity contribution in [3.05, 3.63) is 76.8 Å². The summed E-state index contributed by atoms with van der Waals surface area (Å²) in [5.74, 6) is -0.167. The van der Waals surface area contributed by atoms with E-state index >= 15 is 0 Å². The van der Waals surface area contributed by atoms with Gasteiger partial charge in [0, 0.05) is 49.4 Å². The minimum Gasteiger partial charge on any atom is -0.379 e. The molecule has 2 heterocycles. The van der Waals surface area contributed by atoms with Crippen LogP contribution in [0.3, 0.4) is 0 Å². The molecular formula is C27H33FN4O. The van der Waals surface area contributed by atoms with Crippen LogP contribution in [0.25, 0.3) is 10.9 Å². The van der Waals surface area contributed by atoms with Crippen LogP contribution >= 0.6 is 0 Å². The molecule has 1 aromatic heterocycles. The molecule has 0 radical (unpaired) electrons. The van der Waals surface area contributed by atoms with Gasteiger partial charge in [-0.05, 0) is 74.7 Å². The highest BCUT2D eigenvalue weighted by atomic mass is 19.1. The Morgan fingerprint density at radius 3 is 2.76 bits per heavy atom. The van der Waals surface area contributed by atoms with Crippen LogP contribution in [0.15, 0.2) is 43.0 Å². The van der Waals surface area contributed by atoms with Crippen molar-refractivity contribution in [3.8, 4) is 0 Å². The zero-order valence-electron chi connectivity index (χ0n) is 19.8. The van der Waals surface area contributed by atoms with Crippen LogP contribution in [0.2, 0.25) is 0 Å². The molecular weight excluding hydrogens is 415 g/mol. The minimum absolute atomic E-state index is 0.0649. The molecule has 0 atom stereocenters. The molecule has 1 aliphatic heterocycles. The Bertz CT molecular complexity index is 1190. The van der Waals surface area contributed by atoms with Gasteiger partial charge in [-0.3, -0.25) is 4.79 Å². The van der Waals surface area contributed by atoms with Crippen molar-refractivity contribution in [2.24, 2.45) is 0 Å². The van der Waals surface area contributed by atoms with E-state index in [9.17, 15) is 9.18 Å². The van der Waals surface area contributed by atoms with E-state index in [-0.39, 0.29) is 11.7 Å². The van der Waals surface area contributed by atoms with Crippen LogP contribution in [0.1, 0.15) is 39.2 Å². The van der Waals surface area contributed by atoms with Crippen molar-refractivity contribution in [1.82, 2.24) is 14.8 Å². The first-order valence-corrected chi connectivity index (χ1v) is 11.6. The highest BCUT2D eigenvalue weighted by Gasteiger charge is 2.22. The van der Waals surface area contributed by atoms with E-state index in [0.717, 1.165) is 59.5 Å². The number of aromatic nitrogens is 1. The van der Waals surface area contributed by atoms with Crippen molar-refractivity contribution in [2.45, 2.75) is 40.3 Å². The molecule has 2 N–H and O–H groups in total. The molecule has 1 fully saturated rings. The number of allylic oxidation sites excluding steroid dienone is 1. The smallest absolute Gasteiger partial charge is 0.253 e. The summed E-state index contributed by atoms with van der Waals surface area (Å²) < 4.78 is 15.8. The molecule has 0 saturated carbocycles. The maximum Gasteiger partial charge on any atom is 0.253 e. The number of aryl methyl sites for hydroxylation is 2. The lowest BCUT2D eigenvalue weighted by atomic mass is 10.0. The van der Waals surface area contributed by atoms with Crippen molar-refractivity contribution < 1.29 is 9.18 Å². The van der Waals surface area contributed by atoms with Gasteiger partial charge in [0.2, 0.25) is 0 Å². The van der Waals surface area contributed by atoms with Gasteiger partial charge in [-0.1, -0.05) is 12.1 Å². The summed E-state index contributed by atoms with van der Waals surface area (Å²) in [5.41, 5.74) is 6.92. The van der Waals surface area contributed by atoms with E-state index in [4.69, 9.17) is 0 Å². The summed E-state index contributed by atoms with van der Waals surface area (Å²) in [6, 6.07) is 8.86. The summed E-state index contributed by atoms with van der Waals surface area (Å²) in [6.45, 7) is 14.5. The predicted molar refractivity (Wildman–Crippen MR) is 133 cm³/mol. The number of anilines is 1. The number of nitrogens with one attached hydrogen (secondary N) is 2. The average molecular weight is 449 g/mol. The highest BCUT2D eigenvalue weighted by molar-refractivity contribution is 6.04. The Balaban J connectivity index is 1.78. The molecule has 1 saturated heterocycles. The number of carbonyl (C=O) groups is 1. The fraction of sp³-hybridized carbons (Fsp3) is 0.370. The first-order chi connectivity index (χ1) is 15.9. The van der Waals surface area contributed by atoms with Crippen LogP contribution in [-0.4, -0.2) is 41.6 Å². The lowest BCUT2D eigenvalue weighted by Crippen LogP contribution is -2.34. The van der Waals surface area contributed by atoms with Gasteiger partial charge in [0.1, 0.15) is 5.82 Å². The number of carbonyl (C=O) groups excluding carboxylic acids is 1. The molecule has 0 aliphatic carbocycles. The molecule has 5 nitrogen and oxygen atoms in total. The molecule has 174 valence electrons. The van der Waals surface area contributed by atoms with E-state index in [0.29, 0.717) is 25.2 Å². The number of benzene rings is 2. The molecule has 1 amide bonds. The summed E-state index contributed by atoms with van der Waals surface area (Å²) in [7, 11) is 0. The predicted octanol–water partition coefficient (Wildman–Crippen LogP) is 4.94. The Morgan fingerprint density at radius 1 is 1.18 bits per heavy atom. The third-order valence-electron chi connectivity index (χ3n) is 6.69. The second-order valence-corrected chi connectivity index (χ2v) is 8.85. The monoisotopic (exact) mass is 448 g/mol. The third-order valence-corrected chi connectivity index (χ3v) is 6.69. The maximum absolute atomic E-state index is 13.6. The maximum atomic E-state index is 13.6. The Labute approximate surface area is 195 Å². The molecule has 6 heteroatoms. The van der Waals surface area contributed by atoms with Crippen molar-refractivity contribution in [1.29, 1.82) is 0 Å². The number of amides is 1. The largest absolute Gasteiger partial charge is 0.379 e. The lowest BCUT2D eigenvalue weighted by molar-refractivity contribution is 0.0766. The van der Waals surface area contributed by atoms with E-state index < -0.39 is 0 Å². The number of nitrogens with zero attached hydrogens (tertiary/aromatic N) is 2. The molecule has 0 bridgehead atoms.